The number of fused-ring (bicyclic) bond motifs is 1. The van der Waals surface area contributed by atoms with Crippen molar-refractivity contribution in [1.29, 1.82) is 0 Å². The summed E-state index contributed by atoms with van der Waals surface area (Å²) < 4.78 is 33.7. The summed E-state index contributed by atoms with van der Waals surface area (Å²) in [5.41, 5.74) is 4.12. The predicted molar refractivity (Wildman–Crippen MR) is 97.0 cm³/mol. The van der Waals surface area contributed by atoms with Gasteiger partial charge < -0.3 is 4.74 Å². The summed E-state index contributed by atoms with van der Waals surface area (Å²) in [6.07, 6.45) is 6.92. The van der Waals surface area contributed by atoms with E-state index in [1.807, 2.05) is 24.6 Å². The molecule has 0 N–H and O–H groups in total. The number of hydrogen-bond acceptors (Lipinski definition) is 5. The highest BCUT2D eigenvalue weighted by Crippen LogP contribution is 2.31. The van der Waals surface area contributed by atoms with Crippen LogP contribution >= 0.6 is 11.3 Å². The number of hydrogen-bond donors (Lipinski definition) is 0. The molecule has 25 heavy (non-hydrogen) atoms. The van der Waals surface area contributed by atoms with Gasteiger partial charge in [-0.15, -0.1) is 11.3 Å². The molecular formula is C18H22N2O3S2. The Hall–Kier alpha value is -1.28. The zero-order chi connectivity index (χ0) is 17.4. The normalized spacial score (nSPS) is 18.3. The van der Waals surface area contributed by atoms with Crippen molar-refractivity contribution in [3.63, 3.8) is 0 Å². The summed E-state index contributed by atoms with van der Waals surface area (Å²) in [6.45, 7) is 4.13. The van der Waals surface area contributed by atoms with E-state index in [4.69, 9.17) is 4.74 Å². The Labute approximate surface area is 152 Å². The van der Waals surface area contributed by atoms with E-state index in [0.29, 0.717) is 30.3 Å². The van der Waals surface area contributed by atoms with Crippen LogP contribution in [-0.4, -0.2) is 30.9 Å². The number of ether oxygens (including phenoxy) is 1. The molecule has 2 aliphatic rings. The Morgan fingerprint density at radius 1 is 1.36 bits per heavy atom. The molecule has 0 amide bonds. The largest absolute Gasteiger partial charge is 0.376 e. The van der Waals surface area contributed by atoms with Gasteiger partial charge >= 0.3 is 0 Å². The highest BCUT2D eigenvalue weighted by molar-refractivity contribution is 7.91. The number of aryl methyl sites for hydroxylation is 1. The van der Waals surface area contributed by atoms with Crippen molar-refractivity contribution in [1.82, 2.24) is 9.29 Å². The fourth-order valence-electron chi connectivity index (χ4n) is 3.23. The van der Waals surface area contributed by atoms with E-state index >= 15 is 0 Å². The van der Waals surface area contributed by atoms with Crippen molar-refractivity contribution in [2.45, 2.75) is 43.5 Å². The number of aromatic nitrogens is 1. The quantitative estimate of drug-likeness (QED) is 0.775. The van der Waals surface area contributed by atoms with Crippen molar-refractivity contribution >= 4 is 21.4 Å². The number of thiophene rings is 1. The molecule has 2 aromatic heterocycles. The summed E-state index contributed by atoms with van der Waals surface area (Å²) in [5.74, 6) is 0.738. The third-order valence-corrected chi connectivity index (χ3v) is 8.40. The van der Waals surface area contributed by atoms with Crippen molar-refractivity contribution in [3.8, 4) is 0 Å². The summed E-state index contributed by atoms with van der Waals surface area (Å²) >= 11 is 1.29. The molecule has 0 bridgehead atoms. The van der Waals surface area contributed by atoms with Gasteiger partial charge in [0.15, 0.2) is 0 Å². The van der Waals surface area contributed by atoms with E-state index in [1.165, 1.54) is 29.7 Å². The predicted octanol–water partition coefficient (Wildman–Crippen LogP) is 3.13. The van der Waals surface area contributed by atoms with Crippen LogP contribution in [0, 0.1) is 12.8 Å². The fourth-order valence-corrected chi connectivity index (χ4v) is 6.20. The van der Waals surface area contributed by atoms with Crippen LogP contribution in [0.1, 0.15) is 35.1 Å². The Bertz CT molecular complexity index is 872. The summed E-state index contributed by atoms with van der Waals surface area (Å²) in [6, 6.07) is 1.85. The Morgan fingerprint density at radius 2 is 2.20 bits per heavy atom. The number of nitrogens with zero attached hydrogens (tertiary/aromatic N) is 2. The van der Waals surface area contributed by atoms with Crippen LogP contribution in [0.15, 0.2) is 28.0 Å². The maximum Gasteiger partial charge on any atom is 0.253 e. The Kier molecular flexibility index (Phi) is 4.66. The lowest BCUT2D eigenvalue weighted by molar-refractivity contribution is 0.110. The lowest BCUT2D eigenvalue weighted by atomic mass is 9.99. The van der Waals surface area contributed by atoms with Gasteiger partial charge in [0.05, 0.1) is 6.61 Å². The molecular weight excluding hydrogens is 356 g/mol. The van der Waals surface area contributed by atoms with Crippen molar-refractivity contribution in [3.05, 3.63) is 46.1 Å². The molecule has 4 rings (SSSR count). The topological polar surface area (TPSA) is 59.5 Å². The van der Waals surface area contributed by atoms with Crippen LogP contribution in [0.4, 0.5) is 0 Å². The minimum atomic E-state index is -3.43. The molecule has 0 spiro atoms. The van der Waals surface area contributed by atoms with E-state index in [0.717, 1.165) is 29.2 Å². The molecule has 0 aromatic carbocycles. The molecule has 7 heteroatoms. The number of pyridine rings is 1. The third kappa shape index (κ3) is 3.51. The lowest BCUT2D eigenvalue weighted by Crippen LogP contribution is -2.36. The van der Waals surface area contributed by atoms with E-state index < -0.39 is 10.0 Å². The van der Waals surface area contributed by atoms with Crippen LogP contribution in [0.2, 0.25) is 0 Å². The van der Waals surface area contributed by atoms with Crippen LogP contribution in [-0.2, 0) is 34.3 Å². The monoisotopic (exact) mass is 378 g/mol. The smallest absolute Gasteiger partial charge is 0.253 e. The summed E-state index contributed by atoms with van der Waals surface area (Å²) in [4.78, 5) is 4.31. The molecule has 1 aliphatic heterocycles. The minimum absolute atomic E-state index is 0.387. The number of rotatable bonds is 6. The molecule has 1 aliphatic carbocycles. The molecule has 1 saturated carbocycles. The third-order valence-electron chi connectivity index (χ3n) is 4.89. The molecule has 0 saturated heterocycles. The van der Waals surface area contributed by atoms with Gasteiger partial charge in [-0.2, -0.15) is 4.31 Å². The lowest BCUT2D eigenvalue weighted by Gasteiger charge is -2.29. The Morgan fingerprint density at radius 3 is 2.92 bits per heavy atom. The van der Waals surface area contributed by atoms with E-state index in [9.17, 15) is 8.42 Å². The average Bonchev–Trinajstić information content (AvgIpc) is 3.32. The maximum atomic E-state index is 12.9. The Balaban J connectivity index is 1.52. The zero-order valence-electron chi connectivity index (χ0n) is 14.3. The van der Waals surface area contributed by atoms with Crippen LogP contribution < -0.4 is 0 Å². The maximum absolute atomic E-state index is 12.9. The van der Waals surface area contributed by atoms with Gasteiger partial charge in [-0.3, -0.25) is 4.98 Å². The first-order valence-electron chi connectivity index (χ1n) is 8.62. The molecule has 0 atom stereocenters. The van der Waals surface area contributed by atoms with Crippen LogP contribution in [0.25, 0.3) is 0 Å². The van der Waals surface area contributed by atoms with E-state index in [1.54, 1.807) is 10.5 Å². The number of sulfonamides is 1. The molecule has 5 nitrogen and oxygen atoms in total. The second-order valence-electron chi connectivity index (χ2n) is 6.87. The average molecular weight is 379 g/mol. The molecule has 0 unspecified atom stereocenters. The SMILES string of the molecule is Cc1ccsc1S(=O)(=O)N1CCc2c(COCC3CC3)cncc2C1. The van der Waals surface area contributed by atoms with Gasteiger partial charge in [0.25, 0.3) is 10.0 Å². The molecule has 134 valence electrons. The van der Waals surface area contributed by atoms with Crippen molar-refractivity contribution in [2.75, 3.05) is 13.2 Å². The standard InChI is InChI=1S/C18H22N2O3S2/c1-13-5-7-24-18(13)25(21,22)20-6-4-17-15(10-20)8-19-9-16(17)12-23-11-14-2-3-14/h5,7-9,14H,2-4,6,10-12H2,1H3. The minimum Gasteiger partial charge on any atom is -0.376 e. The van der Waals surface area contributed by atoms with Crippen LogP contribution in [0.5, 0.6) is 0 Å². The fraction of sp³-hybridized carbons (Fsp3) is 0.500. The van der Waals surface area contributed by atoms with Gasteiger partial charge in [0, 0.05) is 32.1 Å². The van der Waals surface area contributed by atoms with Gasteiger partial charge in [-0.05, 0) is 65.8 Å². The highest BCUT2D eigenvalue weighted by atomic mass is 32.2. The van der Waals surface area contributed by atoms with Gasteiger partial charge in [-0.25, -0.2) is 8.42 Å². The molecule has 0 radical (unpaired) electrons. The van der Waals surface area contributed by atoms with Gasteiger partial charge in [0.1, 0.15) is 4.21 Å². The second-order valence-corrected chi connectivity index (χ2v) is 9.92. The first-order valence-corrected chi connectivity index (χ1v) is 10.9. The summed E-state index contributed by atoms with van der Waals surface area (Å²) in [5, 5.41) is 1.83. The van der Waals surface area contributed by atoms with E-state index in [2.05, 4.69) is 4.98 Å². The highest BCUT2D eigenvalue weighted by Gasteiger charge is 2.31. The zero-order valence-corrected chi connectivity index (χ0v) is 15.9. The first-order chi connectivity index (χ1) is 12.1. The first kappa shape index (κ1) is 17.1. The van der Waals surface area contributed by atoms with Gasteiger partial charge in [0.2, 0.25) is 0 Å². The summed E-state index contributed by atoms with van der Waals surface area (Å²) in [7, 11) is -3.43. The van der Waals surface area contributed by atoms with Crippen molar-refractivity contribution < 1.29 is 13.2 Å². The van der Waals surface area contributed by atoms with Gasteiger partial charge in [-0.1, -0.05) is 0 Å². The molecule has 2 aromatic rings. The van der Waals surface area contributed by atoms with E-state index in [-0.39, 0.29) is 0 Å². The van der Waals surface area contributed by atoms with Crippen LogP contribution in [0.3, 0.4) is 0 Å². The second kappa shape index (κ2) is 6.79. The van der Waals surface area contributed by atoms with Crippen molar-refractivity contribution in [2.24, 2.45) is 5.92 Å². The molecule has 1 fully saturated rings. The molecule has 3 heterocycles.